The van der Waals surface area contributed by atoms with Crippen molar-refractivity contribution in [2.45, 2.75) is 33.1 Å². The van der Waals surface area contributed by atoms with E-state index in [9.17, 15) is 0 Å². The van der Waals surface area contributed by atoms with Crippen LogP contribution in [-0.4, -0.2) is 26.1 Å². The fourth-order valence-corrected chi connectivity index (χ4v) is 3.74. The molecule has 2 aliphatic rings. The van der Waals surface area contributed by atoms with Crippen LogP contribution in [0.15, 0.2) is 30.6 Å². The molecule has 0 saturated heterocycles. The van der Waals surface area contributed by atoms with Crippen LogP contribution in [0, 0.1) is 6.92 Å². The number of anilines is 2. The number of imidazole rings is 2. The zero-order chi connectivity index (χ0) is 17.7. The van der Waals surface area contributed by atoms with Crippen LogP contribution in [0.3, 0.4) is 0 Å². The minimum absolute atomic E-state index is 0.289. The lowest BCUT2D eigenvalue weighted by molar-refractivity contribution is 0.765. The molecule has 5 N–H and O–H groups in total. The van der Waals surface area contributed by atoms with Gasteiger partial charge in [0.2, 0.25) is 0 Å². The number of benzene rings is 2. The molecular formula is C19H21N7. The van der Waals surface area contributed by atoms with E-state index in [2.05, 4.69) is 61.0 Å². The molecule has 26 heavy (non-hydrogen) atoms. The monoisotopic (exact) mass is 347 g/mol. The summed E-state index contributed by atoms with van der Waals surface area (Å²) in [5.41, 5.74) is 9.36. The summed E-state index contributed by atoms with van der Waals surface area (Å²) >= 11 is 0. The standard InChI is InChI=1S/C10H11N3.C9H10N4/c1-6-12-9-3-2-7-4-11-5-8(7)10(9)13-6;1-5-12-7-3-2-6-8(9(7)13-5)11-4-10-6/h2-3,11H,4-5H2,1H3,(H,12,13);2-5,12-13H,1H3,(H,10,11). The van der Waals surface area contributed by atoms with E-state index in [1.807, 2.05) is 13.0 Å². The Morgan fingerprint density at radius 3 is 2.81 bits per heavy atom. The molecule has 4 aromatic rings. The summed E-state index contributed by atoms with van der Waals surface area (Å²) in [6.07, 6.45) is 2.01. The van der Waals surface area contributed by atoms with Crippen molar-refractivity contribution in [1.82, 2.24) is 25.3 Å². The molecule has 7 heteroatoms. The Balaban J connectivity index is 0.000000115. The van der Waals surface area contributed by atoms with Gasteiger partial charge >= 0.3 is 0 Å². The Bertz CT molecular complexity index is 1110. The first-order valence-electron chi connectivity index (χ1n) is 8.86. The summed E-state index contributed by atoms with van der Waals surface area (Å²) in [6, 6.07) is 8.39. The lowest BCUT2D eigenvalue weighted by atomic mass is 10.1. The zero-order valence-electron chi connectivity index (χ0n) is 14.8. The number of aryl methyl sites for hydroxylation is 1. The van der Waals surface area contributed by atoms with Gasteiger partial charge in [-0.25, -0.2) is 9.97 Å². The fraction of sp³-hybridized carbons (Fsp3) is 0.263. The highest BCUT2D eigenvalue weighted by atomic mass is 15.2. The minimum atomic E-state index is 0.289. The predicted octanol–water partition coefficient (Wildman–Crippen LogP) is 3.22. The molecular weight excluding hydrogens is 326 g/mol. The van der Waals surface area contributed by atoms with Crippen LogP contribution in [-0.2, 0) is 13.1 Å². The summed E-state index contributed by atoms with van der Waals surface area (Å²) in [4.78, 5) is 15.1. The van der Waals surface area contributed by atoms with Crippen LogP contribution < -0.4 is 16.0 Å². The fourth-order valence-electron chi connectivity index (χ4n) is 3.74. The number of aromatic amines is 2. The number of nitrogens with one attached hydrogen (secondary N) is 5. The minimum Gasteiger partial charge on any atom is -0.364 e. The predicted molar refractivity (Wildman–Crippen MR) is 104 cm³/mol. The Morgan fingerprint density at radius 1 is 1.00 bits per heavy atom. The number of H-pyrrole nitrogens is 2. The van der Waals surface area contributed by atoms with E-state index < -0.39 is 0 Å². The molecule has 0 aliphatic carbocycles. The Kier molecular flexibility index (Phi) is 3.36. The van der Waals surface area contributed by atoms with Crippen molar-refractivity contribution in [3.05, 3.63) is 47.5 Å². The van der Waals surface area contributed by atoms with E-state index in [1.165, 1.54) is 11.1 Å². The van der Waals surface area contributed by atoms with Gasteiger partial charge in [-0.05, 0) is 43.2 Å². The van der Waals surface area contributed by atoms with E-state index in [1.54, 1.807) is 6.33 Å². The second-order valence-electron chi connectivity index (χ2n) is 6.82. The Labute approximate surface area is 150 Å². The highest BCUT2D eigenvalue weighted by Gasteiger charge is 2.18. The molecule has 0 bridgehead atoms. The summed E-state index contributed by atoms with van der Waals surface area (Å²) in [5, 5.41) is 9.98. The number of hydrogen-bond donors (Lipinski definition) is 5. The second kappa shape index (κ2) is 5.74. The zero-order valence-corrected chi connectivity index (χ0v) is 14.8. The summed E-state index contributed by atoms with van der Waals surface area (Å²) in [5.74, 6) is 0.996. The highest BCUT2D eigenvalue weighted by molar-refractivity contribution is 5.97. The van der Waals surface area contributed by atoms with Gasteiger partial charge in [0.05, 0.1) is 40.4 Å². The van der Waals surface area contributed by atoms with Crippen molar-refractivity contribution in [3.63, 3.8) is 0 Å². The third-order valence-electron chi connectivity index (χ3n) is 4.92. The van der Waals surface area contributed by atoms with Crippen molar-refractivity contribution in [1.29, 1.82) is 0 Å². The average molecular weight is 347 g/mol. The van der Waals surface area contributed by atoms with Crippen LogP contribution in [0.4, 0.5) is 11.4 Å². The summed E-state index contributed by atoms with van der Waals surface area (Å²) in [6.45, 7) is 6.02. The van der Waals surface area contributed by atoms with E-state index in [0.717, 1.165) is 52.4 Å². The van der Waals surface area contributed by atoms with E-state index in [-0.39, 0.29) is 6.17 Å². The molecule has 0 saturated carbocycles. The van der Waals surface area contributed by atoms with Crippen molar-refractivity contribution < 1.29 is 0 Å². The van der Waals surface area contributed by atoms with Crippen LogP contribution in [0.2, 0.25) is 0 Å². The van der Waals surface area contributed by atoms with Crippen molar-refractivity contribution in [3.8, 4) is 0 Å². The van der Waals surface area contributed by atoms with E-state index in [4.69, 9.17) is 0 Å². The van der Waals surface area contributed by atoms with Gasteiger partial charge in [0.1, 0.15) is 11.3 Å². The highest BCUT2D eigenvalue weighted by Crippen LogP contribution is 2.34. The molecule has 4 heterocycles. The van der Waals surface area contributed by atoms with Crippen molar-refractivity contribution >= 4 is 33.4 Å². The lowest BCUT2D eigenvalue weighted by Crippen LogP contribution is -2.16. The van der Waals surface area contributed by atoms with Gasteiger partial charge in [0, 0.05) is 13.1 Å². The van der Waals surface area contributed by atoms with E-state index >= 15 is 0 Å². The molecule has 132 valence electrons. The summed E-state index contributed by atoms with van der Waals surface area (Å²) in [7, 11) is 0. The SMILES string of the molecule is CC1Nc2ccc3[nH]cnc3c2N1.Cc1nc2c3c(ccc2[nH]1)CNC3. The van der Waals surface area contributed by atoms with Crippen LogP contribution in [0.5, 0.6) is 0 Å². The Morgan fingerprint density at radius 2 is 1.88 bits per heavy atom. The molecule has 2 aliphatic heterocycles. The second-order valence-corrected chi connectivity index (χ2v) is 6.82. The van der Waals surface area contributed by atoms with Gasteiger partial charge in [-0.3, -0.25) is 0 Å². The quantitative estimate of drug-likeness (QED) is 0.337. The van der Waals surface area contributed by atoms with Crippen molar-refractivity contribution in [2.75, 3.05) is 10.6 Å². The molecule has 7 nitrogen and oxygen atoms in total. The van der Waals surface area contributed by atoms with Crippen LogP contribution >= 0.6 is 0 Å². The van der Waals surface area contributed by atoms with Gasteiger partial charge in [-0.15, -0.1) is 0 Å². The normalized spacial score (nSPS) is 17.4. The van der Waals surface area contributed by atoms with Crippen LogP contribution in [0.25, 0.3) is 22.1 Å². The molecule has 0 fully saturated rings. The molecule has 2 aromatic carbocycles. The maximum atomic E-state index is 4.49. The molecule has 1 atom stereocenters. The number of rotatable bonds is 0. The summed E-state index contributed by atoms with van der Waals surface area (Å²) < 4.78 is 0. The molecule has 2 aromatic heterocycles. The smallest absolute Gasteiger partial charge is 0.114 e. The largest absolute Gasteiger partial charge is 0.364 e. The number of nitrogens with zero attached hydrogens (tertiary/aromatic N) is 2. The molecule has 0 spiro atoms. The third-order valence-corrected chi connectivity index (χ3v) is 4.92. The average Bonchev–Trinajstić information content (AvgIpc) is 3.38. The van der Waals surface area contributed by atoms with Gasteiger partial charge in [0.15, 0.2) is 0 Å². The number of fused-ring (bicyclic) bond motifs is 6. The van der Waals surface area contributed by atoms with Gasteiger partial charge in [-0.1, -0.05) is 6.07 Å². The molecule has 6 rings (SSSR count). The van der Waals surface area contributed by atoms with Gasteiger partial charge < -0.3 is 25.9 Å². The Hall–Kier alpha value is -3.06. The van der Waals surface area contributed by atoms with Crippen LogP contribution in [0.1, 0.15) is 23.9 Å². The first kappa shape index (κ1) is 15.2. The maximum Gasteiger partial charge on any atom is 0.114 e. The van der Waals surface area contributed by atoms with Gasteiger partial charge in [0.25, 0.3) is 0 Å². The third kappa shape index (κ3) is 2.40. The lowest BCUT2D eigenvalue weighted by Gasteiger charge is -2.01. The first-order valence-corrected chi connectivity index (χ1v) is 8.86. The van der Waals surface area contributed by atoms with Gasteiger partial charge in [-0.2, -0.15) is 0 Å². The van der Waals surface area contributed by atoms with E-state index in [0.29, 0.717) is 0 Å². The topological polar surface area (TPSA) is 93.4 Å². The number of aromatic nitrogens is 4. The molecule has 0 radical (unpaired) electrons. The molecule has 1 unspecified atom stereocenters. The molecule has 0 amide bonds. The maximum absolute atomic E-state index is 4.49. The number of hydrogen-bond acceptors (Lipinski definition) is 5. The van der Waals surface area contributed by atoms with Crippen molar-refractivity contribution in [2.24, 2.45) is 0 Å². The first-order chi connectivity index (χ1) is 12.7.